The van der Waals surface area contributed by atoms with Crippen molar-refractivity contribution in [1.82, 2.24) is 0 Å². The summed E-state index contributed by atoms with van der Waals surface area (Å²) in [7, 11) is 0. The number of Topliss-reactive ketones (excluding diaryl/α,β-unsaturated/α-hetero) is 1. The van der Waals surface area contributed by atoms with Crippen LogP contribution in [0.5, 0.6) is 0 Å². The Morgan fingerprint density at radius 2 is 1.25 bits per heavy atom. The molecule has 0 heterocycles. The van der Waals surface area contributed by atoms with Gasteiger partial charge in [-0.1, -0.05) is 27.7 Å². The van der Waals surface area contributed by atoms with Crippen molar-refractivity contribution in [2.24, 2.45) is 11.8 Å². The molecule has 0 bridgehead atoms. The number of hydrogen-bond donors (Lipinski definition) is 0. The van der Waals surface area contributed by atoms with Gasteiger partial charge in [0.1, 0.15) is 11.4 Å². The minimum Gasteiger partial charge on any atom is -0.460 e. The van der Waals surface area contributed by atoms with Crippen LogP contribution in [0.1, 0.15) is 55.4 Å². The second-order valence-electron chi connectivity index (χ2n) is 5.45. The highest BCUT2D eigenvalue weighted by molar-refractivity contribution is 5.77. The predicted molar refractivity (Wildman–Crippen MR) is 66.2 cm³/mol. The minimum absolute atomic E-state index is 0.0285. The Morgan fingerprint density at radius 3 is 1.31 bits per heavy atom. The van der Waals surface area contributed by atoms with E-state index in [2.05, 4.69) is 0 Å². The number of carbonyl (C=O) groups excluding carboxylic acids is 2. The zero-order valence-electron chi connectivity index (χ0n) is 11.9. The maximum absolute atomic E-state index is 10.9. The van der Waals surface area contributed by atoms with E-state index >= 15 is 0 Å². The van der Waals surface area contributed by atoms with Crippen molar-refractivity contribution in [1.29, 1.82) is 0 Å². The summed E-state index contributed by atoms with van der Waals surface area (Å²) in [5.41, 5.74) is -0.346. The van der Waals surface area contributed by atoms with E-state index in [4.69, 9.17) is 4.74 Å². The second kappa shape index (κ2) is 7.42. The quantitative estimate of drug-likeness (QED) is 0.684. The fourth-order valence-electron chi connectivity index (χ4n) is 0.420. The van der Waals surface area contributed by atoms with Gasteiger partial charge in [-0.15, -0.1) is 0 Å². The Labute approximate surface area is 99.6 Å². The molecule has 0 N–H and O–H groups in total. The Balaban J connectivity index is 0. The van der Waals surface area contributed by atoms with Crippen molar-refractivity contribution in [3.05, 3.63) is 0 Å². The van der Waals surface area contributed by atoms with Gasteiger partial charge in [-0.3, -0.25) is 9.59 Å². The summed E-state index contributed by atoms with van der Waals surface area (Å²) in [6.07, 6.45) is 0. The normalized spacial score (nSPS) is 10.9. The lowest BCUT2D eigenvalue weighted by Crippen LogP contribution is -2.26. The van der Waals surface area contributed by atoms with Gasteiger partial charge < -0.3 is 4.74 Å². The lowest BCUT2D eigenvalue weighted by molar-refractivity contribution is -0.158. The van der Waals surface area contributed by atoms with Crippen molar-refractivity contribution >= 4 is 11.8 Å². The summed E-state index contributed by atoms with van der Waals surface area (Å²) in [4.78, 5) is 21.1. The summed E-state index contributed by atoms with van der Waals surface area (Å²) in [6.45, 7) is 14.6. The Morgan fingerprint density at radius 1 is 0.938 bits per heavy atom. The van der Waals surface area contributed by atoms with Crippen LogP contribution in [0.4, 0.5) is 0 Å². The molecule has 0 rings (SSSR count). The number of rotatable bonds is 2. The van der Waals surface area contributed by atoms with Crippen molar-refractivity contribution < 1.29 is 14.3 Å². The van der Waals surface area contributed by atoms with Crippen LogP contribution in [0.2, 0.25) is 0 Å². The van der Waals surface area contributed by atoms with Gasteiger partial charge in [0.05, 0.1) is 5.92 Å². The zero-order valence-corrected chi connectivity index (χ0v) is 11.9. The number of carbonyl (C=O) groups is 2. The molecule has 0 spiro atoms. The van der Waals surface area contributed by atoms with E-state index in [0.717, 1.165) is 0 Å². The minimum atomic E-state index is -0.346. The van der Waals surface area contributed by atoms with Crippen LogP contribution in [0.25, 0.3) is 0 Å². The van der Waals surface area contributed by atoms with Crippen LogP contribution in [0.3, 0.4) is 0 Å². The average molecular weight is 230 g/mol. The molecule has 0 fully saturated rings. The highest BCUT2D eigenvalue weighted by Gasteiger charge is 2.18. The molecule has 3 nitrogen and oxygen atoms in total. The molecule has 0 aromatic rings. The van der Waals surface area contributed by atoms with E-state index in [1.165, 1.54) is 0 Å². The summed E-state index contributed by atoms with van der Waals surface area (Å²) in [5.74, 6) is 0.312. The Bertz CT molecular complexity index is 222. The maximum atomic E-state index is 10.9. The lowest BCUT2D eigenvalue weighted by atomic mass is 10.1. The van der Waals surface area contributed by atoms with Crippen LogP contribution in [-0.4, -0.2) is 17.4 Å². The van der Waals surface area contributed by atoms with Crippen LogP contribution in [0, 0.1) is 11.8 Å². The van der Waals surface area contributed by atoms with Crippen molar-refractivity contribution in [3.8, 4) is 0 Å². The largest absolute Gasteiger partial charge is 0.460 e. The molecule has 0 aliphatic rings. The Hall–Kier alpha value is -0.860. The molecule has 3 heteroatoms. The molecule has 0 amide bonds. The lowest BCUT2D eigenvalue weighted by Gasteiger charge is -2.20. The smallest absolute Gasteiger partial charge is 0.308 e. The van der Waals surface area contributed by atoms with E-state index < -0.39 is 0 Å². The summed E-state index contributed by atoms with van der Waals surface area (Å²) < 4.78 is 5.06. The fourth-order valence-corrected chi connectivity index (χ4v) is 0.420. The van der Waals surface area contributed by atoms with Gasteiger partial charge in [0.2, 0.25) is 0 Å². The van der Waals surface area contributed by atoms with Crippen LogP contribution >= 0.6 is 0 Å². The first-order chi connectivity index (χ1) is 6.97. The molecule has 0 saturated carbocycles. The molecule has 16 heavy (non-hydrogen) atoms. The third kappa shape index (κ3) is 13.1. The first-order valence-corrected chi connectivity index (χ1v) is 5.70. The molecule has 96 valence electrons. The van der Waals surface area contributed by atoms with E-state index in [1.54, 1.807) is 6.92 Å². The van der Waals surface area contributed by atoms with E-state index in [-0.39, 0.29) is 29.2 Å². The van der Waals surface area contributed by atoms with Gasteiger partial charge in [0.25, 0.3) is 0 Å². The van der Waals surface area contributed by atoms with E-state index in [1.807, 2.05) is 48.5 Å². The van der Waals surface area contributed by atoms with Crippen molar-refractivity contribution in [2.45, 2.75) is 61.0 Å². The third-order valence-corrected chi connectivity index (χ3v) is 1.69. The molecule has 0 aromatic heterocycles. The number of esters is 1. The number of ether oxygens (including phenoxy) is 1. The second-order valence-corrected chi connectivity index (χ2v) is 5.45. The van der Waals surface area contributed by atoms with Gasteiger partial charge in [-0.25, -0.2) is 0 Å². The molecule has 0 aliphatic carbocycles. The molecule has 0 unspecified atom stereocenters. The standard InChI is InChI=1S/C8H16O2.C5H10O/c1-6(2)7(9)10-8(3,4)5;1-4(2)5(3)6/h6H,1-5H3;4H,1-3H3. The molecule has 0 atom stereocenters. The highest BCUT2D eigenvalue weighted by atomic mass is 16.6. The third-order valence-electron chi connectivity index (χ3n) is 1.69. The van der Waals surface area contributed by atoms with Crippen LogP contribution < -0.4 is 0 Å². The van der Waals surface area contributed by atoms with Gasteiger partial charge in [0.15, 0.2) is 0 Å². The molecule has 0 aliphatic heterocycles. The molecular formula is C13H26O3. The molecule has 0 saturated heterocycles. The fraction of sp³-hybridized carbons (Fsp3) is 0.846. The molecular weight excluding hydrogens is 204 g/mol. The molecule has 0 radical (unpaired) electrons. The Kier molecular flexibility index (Phi) is 8.13. The molecule has 0 aromatic carbocycles. The predicted octanol–water partition coefficient (Wildman–Crippen LogP) is 3.22. The highest BCUT2D eigenvalue weighted by Crippen LogP contribution is 2.10. The topological polar surface area (TPSA) is 43.4 Å². The van der Waals surface area contributed by atoms with Gasteiger partial charge in [-0.2, -0.15) is 0 Å². The van der Waals surface area contributed by atoms with E-state index in [9.17, 15) is 9.59 Å². The van der Waals surface area contributed by atoms with Gasteiger partial charge >= 0.3 is 5.97 Å². The van der Waals surface area contributed by atoms with Crippen LogP contribution in [-0.2, 0) is 14.3 Å². The first-order valence-electron chi connectivity index (χ1n) is 5.70. The summed E-state index contributed by atoms with van der Waals surface area (Å²) in [5, 5.41) is 0. The van der Waals surface area contributed by atoms with Crippen molar-refractivity contribution in [3.63, 3.8) is 0 Å². The van der Waals surface area contributed by atoms with Gasteiger partial charge in [-0.05, 0) is 27.7 Å². The SMILES string of the molecule is CC(=O)C(C)C.CC(C)C(=O)OC(C)(C)C. The summed E-state index contributed by atoms with van der Waals surface area (Å²) in [6, 6.07) is 0. The number of hydrogen-bond acceptors (Lipinski definition) is 3. The monoisotopic (exact) mass is 230 g/mol. The zero-order chi connectivity index (χ0) is 13.5. The number of ketones is 1. The summed E-state index contributed by atoms with van der Waals surface area (Å²) >= 11 is 0. The maximum Gasteiger partial charge on any atom is 0.308 e. The first kappa shape index (κ1) is 17.5. The van der Waals surface area contributed by atoms with Crippen LogP contribution in [0.15, 0.2) is 0 Å². The van der Waals surface area contributed by atoms with Crippen molar-refractivity contribution in [2.75, 3.05) is 0 Å². The van der Waals surface area contributed by atoms with Gasteiger partial charge in [0, 0.05) is 5.92 Å². The van der Waals surface area contributed by atoms with E-state index in [0.29, 0.717) is 0 Å². The average Bonchev–Trinajstić information content (AvgIpc) is 2.01.